The SMILES string of the molecule is CC(C)[C@@H]1CCCC[C@H]1OP1(=[Se])Oc2ccc3ccccc3c2-c2c(ccc3ccccc23)O1. The van der Waals surface area contributed by atoms with Gasteiger partial charge in [0.1, 0.15) is 0 Å². The minimum atomic E-state index is -2.80. The summed E-state index contributed by atoms with van der Waals surface area (Å²) in [7, 11) is 0. The second-order valence-electron chi connectivity index (χ2n) is 9.79. The van der Waals surface area contributed by atoms with Crippen LogP contribution in [0.1, 0.15) is 39.5 Å². The van der Waals surface area contributed by atoms with Crippen LogP contribution in [0, 0.1) is 11.8 Å². The molecule has 5 heteroatoms. The van der Waals surface area contributed by atoms with Crippen LogP contribution >= 0.6 is 6.19 Å². The Morgan fingerprint density at radius 3 is 1.85 bits per heavy atom. The van der Waals surface area contributed by atoms with E-state index in [4.69, 9.17) is 13.6 Å². The zero-order valence-electron chi connectivity index (χ0n) is 19.6. The summed E-state index contributed by atoms with van der Waals surface area (Å²) in [5, 5.41) is 4.69. The number of hydrogen-bond donors (Lipinski definition) is 0. The molecule has 0 amide bonds. The van der Waals surface area contributed by atoms with Gasteiger partial charge in [0.05, 0.1) is 0 Å². The molecule has 174 valence electrons. The van der Waals surface area contributed by atoms with Crippen molar-refractivity contribution in [2.45, 2.75) is 45.6 Å². The molecule has 0 unspecified atom stereocenters. The molecule has 0 saturated heterocycles. The quantitative estimate of drug-likeness (QED) is 0.194. The van der Waals surface area contributed by atoms with Gasteiger partial charge < -0.3 is 0 Å². The predicted molar refractivity (Wildman–Crippen MR) is 142 cm³/mol. The van der Waals surface area contributed by atoms with E-state index in [2.05, 4.69) is 102 Å². The molecule has 1 saturated carbocycles. The second-order valence-corrected chi connectivity index (χ2v) is 14.1. The van der Waals surface area contributed by atoms with Gasteiger partial charge in [-0.3, -0.25) is 0 Å². The molecule has 4 aromatic rings. The Balaban J connectivity index is 1.55. The van der Waals surface area contributed by atoms with Gasteiger partial charge in [-0.2, -0.15) is 0 Å². The third-order valence-electron chi connectivity index (χ3n) is 7.33. The van der Waals surface area contributed by atoms with Gasteiger partial charge in [-0.1, -0.05) is 0 Å². The molecule has 0 spiro atoms. The summed E-state index contributed by atoms with van der Waals surface area (Å²) in [5.74, 6) is 2.72. The molecule has 2 aliphatic rings. The normalized spacial score (nSPS) is 21.4. The van der Waals surface area contributed by atoms with E-state index in [1.807, 2.05) is 0 Å². The van der Waals surface area contributed by atoms with Crippen LogP contribution in [0.2, 0.25) is 0 Å². The van der Waals surface area contributed by atoms with Crippen LogP contribution in [0.3, 0.4) is 0 Å². The van der Waals surface area contributed by atoms with Gasteiger partial charge in [-0.15, -0.1) is 0 Å². The van der Waals surface area contributed by atoms with Gasteiger partial charge >= 0.3 is 209 Å². The van der Waals surface area contributed by atoms with Gasteiger partial charge in [-0.05, 0) is 0 Å². The van der Waals surface area contributed by atoms with E-state index in [9.17, 15) is 0 Å². The van der Waals surface area contributed by atoms with Gasteiger partial charge in [-0.25, -0.2) is 0 Å². The first kappa shape index (κ1) is 22.4. The summed E-state index contributed by atoms with van der Waals surface area (Å²) < 4.78 is 20.3. The minimum absolute atomic E-state index is 0.134. The Kier molecular flexibility index (Phi) is 5.82. The zero-order valence-corrected chi connectivity index (χ0v) is 22.2. The van der Waals surface area contributed by atoms with Crippen molar-refractivity contribution in [2.24, 2.45) is 11.8 Å². The van der Waals surface area contributed by atoms with Crippen LogP contribution in [-0.4, -0.2) is 21.2 Å². The summed E-state index contributed by atoms with van der Waals surface area (Å²) in [5.41, 5.74) is 2.16. The molecule has 1 aliphatic carbocycles. The molecule has 1 aliphatic heterocycles. The molecule has 6 rings (SSSR count). The molecule has 34 heavy (non-hydrogen) atoms. The topological polar surface area (TPSA) is 27.7 Å². The Morgan fingerprint density at radius 2 is 1.29 bits per heavy atom. The number of hydrogen-bond acceptors (Lipinski definition) is 3. The summed E-state index contributed by atoms with van der Waals surface area (Å²) in [6.45, 7) is 4.60. The molecule has 1 heterocycles. The van der Waals surface area contributed by atoms with Crippen molar-refractivity contribution < 1.29 is 13.6 Å². The third kappa shape index (κ3) is 3.91. The summed E-state index contributed by atoms with van der Waals surface area (Å²) in [4.78, 5) is 0. The number of benzene rings is 4. The first-order valence-electron chi connectivity index (χ1n) is 12.2. The summed E-state index contributed by atoms with van der Waals surface area (Å²) in [6.07, 6.45) is 2.05. The number of rotatable bonds is 3. The van der Waals surface area contributed by atoms with Gasteiger partial charge in [0.25, 0.3) is 0 Å². The van der Waals surface area contributed by atoms with E-state index in [0.717, 1.165) is 39.8 Å². The van der Waals surface area contributed by atoms with Crippen LogP contribution in [0.25, 0.3) is 32.7 Å². The molecule has 0 radical (unpaired) electrons. The first-order chi connectivity index (χ1) is 16.5. The summed E-state index contributed by atoms with van der Waals surface area (Å²) in [6, 6.07) is 25.4. The molecule has 1 fully saturated rings. The Morgan fingerprint density at radius 1 is 0.765 bits per heavy atom. The maximum atomic E-state index is 6.82. The van der Waals surface area contributed by atoms with E-state index in [1.54, 1.807) is 0 Å². The van der Waals surface area contributed by atoms with Gasteiger partial charge in [0.2, 0.25) is 0 Å². The standard InChI is InChI=1S/C29H29O3PSe/c1-19(2)22-11-7-8-14-25(22)30-33(34)31-26-17-15-20-9-3-5-12-23(20)28(26)29-24-13-6-4-10-21(24)16-18-27(29)32-33/h3-6,9-10,12-13,15-19,22,25H,7-8,11,14H2,1-2H3/t22-,25+/m0/s1. The van der Waals surface area contributed by atoms with Crippen molar-refractivity contribution in [3.8, 4) is 22.6 Å². The van der Waals surface area contributed by atoms with Crippen LogP contribution in [-0.2, 0) is 4.52 Å². The van der Waals surface area contributed by atoms with Gasteiger partial charge in [0.15, 0.2) is 0 Å². The number of fused-ring (bicyclic) bond motifs is 7. The maximum absolute atomic E-state index is 6.82. The first-order valence-corrected chi connectivity index (χ1v) is 16.0. The average Bonchev–Trinajstić information content (AvgIpc) is 2.97. The fourth-order valence-corrected chi connectivity index (χ4v) is 8.87. The Hall–Kier alpha value is -2.09. The molecular weight excluding hydrogens is 506 g/mol. The van der Waals surface area contributed by atoms with E-state index in [-0.39, 0.29) is 6.10 Å². The van der Waals surface area contributed by atoms with Crippen molar-refractivity contribution in [3.63, 3.8) is 0 Å². The van der Waals surface area contributed by atoms with Crippen molar-refractivity contribution in [1.29, 1.82) is 0 Å². The molecular formula is C29H29O3PSe. The van der Waals surface area contributed by atoms with Crippen LogP contribution in [0.15, 0.2) is 72.8 Å². The molecule has 0 aromatic heterocycles. The Labute approximate surface area is 208 Å². The van der Waals surface area contributed by atoms with Crippen molar-refractivity contribution in [3.05, 3.63) is 72.8 Å². The average molecular weight is 535 g/mol. The van der Waals surface area contributed by atoms with Crippen LogP contribution in [0.4, 0.5) is 0 Å². The van der Waals surface area contributed by atoms with Crippen molar-refractivity contribution in [2.75, 3.05) is 0 Å². The molecule has 0 bridgehead atoms. The zero-order chi connectivity index (χ0) is 23.3. The van der Waals surface area contributed by atoms with E-state index in [0.29, 0.717) is 11.8 Å². The predicted octanol–water partition coefficient (Wildman–Crippen LogP) is 8.51. The molecule has 4 aromatic carbocycles. The van der Waals surface area contributed by atoms with Gasteiger partial charge in [0, 0.05) is 0 Å². The second kappa shape index (κ2) is 8.85. The molecule has 2 atom stereocenters. The van der Waals surface area contributed by atoms with E-state index in [1.165, 1.54) is 30.0 Å². The molecule has 3 nitrogen and oxygen atoms in total. The molecule has 0 N–H and O–H groups in total. The third-order valence-corrected chi connectivity index (χ3v) is 10.2. The fourth-order valence-electron chi connectivity index (χ4n) is 5.66. The van der Waals surface area contributed by atoms with E-state index >= 15 is 0 Å². The van der Waals surface area contributed by atoms with Crippen molar-refractivity contribution in [1.82, 2.24) is 0 Å². The van der Waals surface area contributed by atoms with E-state index < -0.39 is 6.19 Å². The van der Waals surface area contributed by atoms with Crippen LogP contribution in [0.5, 0.6) is 11.5 Å². The summed E-state index contributed by atoms with van der Waals surface area (Å²) >= 11 is 3.26. The van der Waals surface area contributed by atoms with Crippen LogP contribution < -0.4 is 9.05 Å². The Bertz CT molecular complexity index is 1340. The monoisotopic (exact) mass is 536 g/mol. The fraction of sp³-hybridized carbons (Fsp3) is 0.310. The van der Waals surface area contributed by atoms with Crippen molar-refractivity contribution >= 4 is 42.8 Å².